The van der Waals surface area contributed by atoms with Crippen molar-refractivity contribution in [3.05, 3.63) is 39.9 Å². The summed E-state index contributed by atoms with van der Waals surface area (Å²) in [5, 5.41) is 1.09. The van der Waals surface area contributed by atoms with E-state index in [-0.39, 0.29) is 12.0 Å². The highest BCUT2D eigenvalue weighted by molar-refractivity contribution is 6.34. The molecule has 7 heteroatoms. The predicted octanol–water partition coefficient (Wildman–Crippen LogP) is 3.31. The lowest BCUT2D eigenvalue weighted by molar-refractivity contribution is -0.127. The molecular weight excluding hydrogens is 339 g/mol. The maximum Gasteiger partial charge on any atom is 0.409 e. The molecule has 1 aliphatic rings. The summed E-state index contributed by atoms with van der Waals surface area (Å²) in [6, 6.07) is 5.08. The van der Waals surface area contributed by atoms with Gasteiger partial charge in [-0.15, -0.1) is 0 Å². The van der Waals surface area contributed by atoms with Gasteiger partial charge >= 0.3 is 6.09 Å². The average molecular weight is 357 g/mol. The summed E-state index contributed by atoms with van der Waals surface area (Å²) >= 11 is 12.0. The zero-order chi connectivity index (χ0) is 16.8. The normalized spacial score (nSPS) is 15.1. The van der Waals surface area contributed by atoms with Crippen molar-refractivity contribution in [1.82, 2.24) is 9.80 Å². The van der Waals surface area contributed by atoms with Gasteiger partial charge in [0.2, 0.25) is 5.91 Å². The van der Waals surface area contributed by atoms with Crippen LogP contribution >= 0.6 is 23.2 Å². The van der Waals surface area contributed by atoms with Gasteiger partial charge in [0.15, 0.2) is 0 Å². The first-order chi connectivity index (χ1) is 11.0. The molecule has 1 aromatic carbocycles. The van der Waals surface area contributed by atoms with E-state index in [1.807, 2.05) is 0 Å². The molecule has 0 spiro atoms. The van der Waals surface area contributed by atoms with E-state index in [0.717, 1.165) is 0 Å². The van der Waals surface area contributed by atoms with Gasteiger partial charge in [-0.2, -0.15) is 0 Å². The summed E-state index contributed by atoms with van der Waals surface area (Å²) in [7, 11) is 0. The number of carbonyl (C=O) groups excluding carboxylic acids is 2. The van der Waals surface area contributed by atoms with Crippen LogP contribution in [0.5, 0.6) is 0 Å². The lowest BCUT2D eigenvalue weighted by Gasteiger charge is -2.33. The van der Waals surface area contributed by atoms with E-state index in [0.29, 0.717) is 48.4 Å². The number of carbonyl (C=O) groups is 2. The minimum atomic E-state index is -0.333. The van der Waals surface area contributed by atoms with Crippen LogP contribution in [-0.2, 0) is 9.53 Å². The predicted molar refractivity (Wildman–Crippen MR) is 90.7 cm³/mol. The molecule has 0 aliphatic carbocycles. The van der Waals surface area contributed by atoms with Crippen LogP contribution in [-0.4, -0.2) is 54.6 Å². The van der Waals surface area contributed by atoms with Crippen molar-refractivity contribution in [2.45, 2.75) is 6.92 Å². The molecule has 1 aromatic rings. The van der Waals surface area contributed by atoms with Gasteiger partial charge in [0.25, 0.3) is 0 Å². The zero-order valence-electron chi connectivity index (χ0n) is 12.8. The highest BCUT2D eigenvalue weighted by Gasteiger charge is 2.23. The number of benzene rings is 1. The number of amides is 2. The Labute approximate surface area is 145 Å². The van der Waals surface area contributed by atoms with Crippen molar-refractivity contribution in [1.29, 1.82) is 0 Å². The Morgan fingerprint density at radius 2 is 1.83 bits per heavy atom. The zero-order valence-corrected chi connectivity index (χ0v) is 14.3. The third-order valence-corrected chi connectivity index (χ3v) is 4.06. The molecule has 2 amide bonds. The van der Waals surface area contributed by atoms with Crippen molar-refractivity contribution in [2.75, 3.05) is 32.8 Å². The molecule has 5 nitrogen and oxygen atoms in total. The molecule has 1 saturated heterocycles. The van der Waals surface area contributed by atoms with E-state index in [9.17, 15) is 9.59 Å². The topological polar surface area (TPSA) is 49.9 Å². The lowest BCUT2D eigenvalue weighted by Crippen LogP contribution is -2.50. The standard InChI is InChI=1S/C16H18Cl2N2O3/c1-2-23-16(22)20-9-7-19(8-10-20)15(21)6-3-12-11-13(17)4-5-14(12)18/h3-6,11H,2,7-10H2,1H3/b6-3+. The summed E-state index contributed by atoms with van der Waals surface area (Å²) < 4.78 is 4.95. The van der Waals surface area contributed by atoms with E-state index >= 15 is 0 Å². The van der Waals surface area contributed by atoms with Crippen molar-refractivity contribution >= 4 is 41.3 Å². The highest BCUT2D eigenvalue weighted by atomic mass is 35.5. The van der Waals surface area contributed by atoms with Gasteiger partial charge < -0.3 is 14.5 Å². The van der Waals surface area contributed by atoms with Crippen molar-refractivity contribution < 1.29 is 14.3 Å². The Morgan fingerprint density at radius 3 is 2.48 bits per heavy atom. The highest BCUT2D eigenvalue weighted by Crippen LogP contribution is 2.21. The van der Waals surface area contributed by atoms with E-state index in [1.165, 1.54) is 6.08 Å². The van der Waals surface area contributed by atoms with Crippen LogP contribution in [0.3, 0.4) is 0 Å². The number of halogens is 2. The first kappa shape index (κ1) is 17.6. The molecule has 1 aliphatic heterocycles. The van der Waals surface area contributed by atoms with Crippen LogP contribution in [0.1, 0.15) is 12.5 Å². The summed E-state index contributed by atoms with van der Waals surface area (Å²) in [5.41, 5.74) is 0.692. The van der Waals surface area contributed by atoms with Crippen LogP contribution in [0.2, 0.25) is 10.0 Å². The second kappa shape index (κ2) is 8.22. The molecule has 0 N–H and O–H groups in total. The summed E-state index contributed by atoms with van der Waals surface area (Å²) in [4.78, 5) is 27.1. The van der Waals surface area contributed by atoms with Crippen LogP contribution < -0.4 is 0 Å². The Morgan fingerprint density at radius 1 is 1.17 bits per heavy atom. The number of hydrogen-bond acceptors (Lipinski definition) is 3. The van der Waals surface area contributed by atoms with Crippen LogP contribution in [0.25, 0.3) is 6.08 Å². The largest absolute Gasteiger partial charge is 0.450 e. The van der Waals surface area contributed by atoms with Crippen LogP contribution in [0, 0.1) is 0 Å². The van der Waals surface area contributed by atoms with Gasteiger partial charge in [0, 0.05) is 42.3 Å². The minimum absolute atomic E-state index is 0.121. The number of hydrogen-bond donors (Lipinski definition) is 0. The molecule has 0 atom stereocenters. The van der Waals surface area contributed by atoms with Crippen LogP contribution in [0.4, 0.5) is 4.79 Å². The summed E-state index contributed by atoms with van der Waals surface area (Å²) in [6.07, 6.45) is 2.78. The average Bonchev–Trinajstić information content (AvgIpc) is 2.55. The molecule has 0 saturated carbocycles. The molecular formula is C16H18Cl2N2O3. The second-order valence-electron chi connectivity index (χ2n) is 5.01. The lowest BCUT2D eigenvalue weighted by atomic mass is 10.2. The van der Waals surface area contributed by atoms with Gasteiger partial charge in [-0.1, -0.05) is 23.2 Å². The van der Waals surface area contributed by atoms with Gasteiger partial charge in [0.1, 0.15) is 0 Å². The van der Waals surface area contributed by atoms with Crippen molar-refractivity contribution in [2.24, 2.45) is 0 Å². The molecule has 2 rings (SSSR count). The van der Waals surface area contributed by atoms with Gasteiger partial charge in [-0.25, -0.2) is 4.79 Å². The van der Waals surface area contributed by atoms with E-state index < -0.39 is 0 Å². The fourth-order valence-electron chi connectivity index (χ4n) is 2.23. The molecule has 1 heterocycles. The Kier molecular flexibility index (Phi) is 6.30. The third kappa shape index (κ3) is 4.88. The van der Waals surface area contributed by atoms with E-state index in [4.69, 9.17) is 27.9 Å². The van der Waals surface area contributed by atoms with Crippen LogP contribution in [0.15, 0.2) is 24.3 Å². The number of ether oxygens (including phenoxy) is 1. The SMILES string of the molecule is CCOC(=O)N1CCN(C(=O)/C=C/c2cc(Cl)ccc2Cl)CC1. The quantitative estimate of drug-likeness (QED) is 0.780. The maximum atomic E-state index is 12.2. The number of nitrogens with zero attached hydrogens (tertiary/aromatic N) is 2. The van der Waals surface area contributed by atoms with Crippen molar-refractivity contribution in [3.63, 3.8) is 0 Å². The van der Waals surface area contributed by atoms with Gasteiger partial charge in [0.05, 0.1) is 6.61 Å². The number of piperazine rings is 1. The van der Waals surface area contributed by atoms with Gasteiger partial charge in [-0.3, -0.25) is 4.79 Å². The number of rotatable bonds is 3. The molecule has 0 radical (unpaired) electrons. The van der Waals surface area contributed by atoms with Crippen molar-refractivity contribution in [3.8, 4) is 0 Å². The first-order valence-corrected chi connectivity index (χ1v) is 8.10. The second-order valence-corrected chi connectivity index (χ2v) is 5.85. The monoisotopic (exact) mass is 356 g/mol. The molecule has 124 valence electrons. The first-order valence-electron chi connectivity index (χ1n) is 7.35. The Bertz CT molecular complexity index is 611. The van der Waals surface area contributed by atoms with E-state index in [1.54, 1.807) is 41.0 Å². The minimum Gasteiger partial charge on any atom is -0.450 e. The molecule has 0 bridgehead atoms. The smallest absolute Gasteiger partial charge is 0.409 e. The molecule has 0 aromatic heterocycles. The Balaban J connectivity index is 1.91. The molecule has 1 fully saturated rings. The fourth-order valence-corrected chi connectivity index (χ4v) is 2.59. The van der Waals surface area contributed by atoms with Gasteiger partial charge in [-0.05, 0) is 36.8 Å². The fraction of sp³-hybridized carbons (Fsp3) is 0.375. The third-order valence-electron chi connectivity index (χ3n) is 3.48. The molecule has 23 heavy (non-hydrogen) atoms. The van der Waals surface area contributed by atoms with E-state index in [2.05, 4.69) is 0 Å². The Hall–Kier alpha value is -1.72. The summed E-state index contributed by atoms with van der Waals surface area (Å²) in [6.45, 7) is 4.01. The maximum absolute atomic E-state index is 12.2. The molecule has 0 unspecified atom stereocenters. The summed E-state index contributed by atoms with van der Waals surface area (Å²) in [5.74, 6) is -0.121.